The van der Waals surface area contributed by atoms with E-state index in [2.05, 4.69) is 25.6 Å². The van der Waals surface area contributed by atoms with Gasteiger partial charge in [0.25, 0.3) is 0 Å². The summed E-state index contributed by atoms with van der Waals surface area (Å²) in [6.07, 6.45) is 5.21. The smallest absolute Gasteiger partial charge is 0.229 e. The highest BCUT2D eigenvalue weighted by Crippen LogP contribution is 2.28. The van der Waals surface area contributed by atoms with Crippen LogP contribution in [0.3, 0.4) is 0 Å². The molecule has 0 aliphatic heterocycles. The van der Waals surface area contributed by atoms with Crippen LogP contribution in [0, 0.1) is 0 Å². The van der Waals surface area contributed by atoms with E-state index in [1.165, 1.54) is 0 Å². The zero-order valence-electron chi connectivity index (χ0n) is 13.0. The molecule has 1 aromatic carbocycles. The molecule has 2 aromatic heterocycles. The van der Waals surface area contributed by atoms with Crippen molar-refractivity contribution in [3.8, 4) is 5.75 Å². The maximum Gasteiger partial charge on any atom is 0.229 e. The molecular formula is C17H16ClN5O. The number of methoxy groups -OCH3 is 1. The number of ether oxygens (including phenoxy) is 1. The molecule has 0 amide bonds. The minimum absolute atomic E-state index is 0.482. The second-order valence-electron chi connectivity index (χ2n) is 4.95. The first-order valence-electron chi connectivity index (χ1n) is 7.31. The third-order valence-electron chi connectivity index (χ3n) is 3.29. The monoisotopic (exact) mass is 341 g/mol. The second-order valence-corrected chi connectivity index (χ2v) is 5.36. The van der Waals surface area contributed by atoms with E-state index in [9.17, 15) is 0 Å². The van der Waals surface area contributed by atoms with Crippen LogP contribution in [-0.4, -0.2) is 22.1 Å². The molecule has 0 radical (unpaired) electrons. The van der Waals surface area contributed by atoms with Gasteiger partial charge in [-0.3, -0.25) is 4.98 Å². The molecule has 6 nitrogen and oxygen atoms in total. The first-order valence-corrected chi connectivity index (χ1v) is 7.69. The Balaban J connectivity index is 1.67. The Morgan fingerprint density at radius 1 is 1.08 bits per heavy atom. The average Bonchev–Trinajstić information content (AvgIpc) is 2.61. The quantitative estimate of drug-likeness (QED) is 0.708. The molecular weight excluding hydrogens is 326 g/mol. The number of aromatic nitrogens is 3. The number of anilines is 3. The van der Waals surface area contributed by atoms with Gasteiger partial charge >= 0.3 is 0 Å². The van der Waals surface area contributed by atoms with Crippen molar-refractivity contribution in [3.63, 3.8) is 0 Å². The van der Waals surface area contributed by atoms with E-state index in [-0.39, 0.29) is 0 Å². The molecule has 122 valence electrons. The SMILES string of the molecule is COc1ccc(Nc2nccc(NCc3ccncc3)n2)cc1Cl. The second kappa shape index (κ2) is 7.61. The molecule has 0 saturated heterocycles. The first-order chi connectivity index (χ1) is 11.7. The average molecular weight is 342 g/mol. The summed E-state index contributed by atoms with van der Waals surface area (Å²) < 4.78 is 5.14. The fourth-order valence-electron chi connectivity index (χ4n) is 2.08. The van der Waals surface area contributed by atoms with Gasteiger partial charge in [0.05, 0.1) is 12.1 Å². The summed E-state index contributed by atoms with van der Waals surface area (Å²) in [4.78, 5) is 12.6. The van der Waals surface area contributed by atoms with Crippen LogP contribution in [0.5, 0.6) is 5.75 Å². The lowest BCUT2D eigenvalue weighted by Gasteiger charge is -2.10. The van der Waals surface area contributed by atoms with Crippen LogP contribution in [0.25, 0.3) is 0 Å². The van der Waals surface area contributed by atoms with Crippen molar-refractivity contribution >= 4 is 29.1 Å². The highest BCUT2D eigenvalue weighted by atomic mass is 35.5. The summed E-state index contributed by atoms with van der Waals surface area (Å²) in [7, 11) is 1.58. The van der Waals surface area contributed by atoms with E-state index in [4.69, 9.17) is 16.3 Å². The standard InChI is InChI=1S/C17H16ClN5O/c1-24-15-3-2-13(10-14(15)18)22-17-20-9-6-16(23-17)21-11-12-4-7-19-8-5-12/h2-10H,11H2,1H3,(H2,20,21,22,23). The minimum atomic E-state index is 0.482. The van der Waals surface area contributed by atoms with Gasteiger partial charge in [-0.1, -0.05) is 11.6 Å². The molecule has 0 aliphatic rings. The van der Waals surface area contributed by atoms with Crippen LogP contribution in [-0.2, 0) is 6.54 Å². The topological polar surface area (TPSA) is 72.0 Å². The van der Waals surface area contributed by atoms with Crippen molar-refractivity contribution in [3.05, 3.63) is 65.6 Å². The normalized spacial score (nSPS) is 10.2. The van der Waals surface area contributed by atoms with Gasteiger partial charge in [-0.05, 0) is 42.0 Å². The van der Waals surface area contributed by atoms with E-state index in [0.29, 0.717) is 23.3 Å². The maximum atomic E-state index is 6.12. The predicted octanol–water partition coefficient (Wildman–Crippen LogP) is 3.89. The Bertz CT molecular complexity index is 813. The van der Waals surface area contributed by atoms with Gasteiger partial charge in [0, 0.05) is 30.8 Å². The van der Waals surface area contributed by atoms with Crippen molar-refractivity contribution in [1.82, 2.24) is 15.0 Å². The minimum Gasteiger partial charge on any atom is -0.495 e. The van der Waals surface area contributed by atoms with Gasteiger partial charge in [0.2, 0.25) is 5.95 Å². The highest BCUT2D eigenvalue weighted by molar-refractivity contribution is 6.32. The maximum absolute atomic E-state index is 6.12. The number of nitrogens with zero attached hydrogens (tertiary/aromatic N) is 3. The zero-order chi connectivity index (χ0) is 16.8. The van der Waals surface area contributed by atoms with Crippen molar-refractivity contribution in [2.75, 3.05) is 17.7 Å². The molecule has 7 heteroatoms. The Kier molecular flexibility index (Phi) is 5.08. The van der Waals surface area contributed by atoms with Gasteiger partial charge in [0.1, 0.15) is 11.6 Å². The lowest BCUT2D eigenvalue weighted by Crippen LogP contribution is -2.04. The predicted molar refractivity (Wildman–Crippen MR) is 94.9 cm³/mol. The van der Waals surface area contributed by atoms with Gasteiger partial charge < -0.3 is 15.4 Å². The molecule has 24 heavy (non-hydrogen) atoms. The van der Waals surface area contributed by atoms with Crippen molar-refractivity contribution < 1.29 is 4.74 Å². The molecule has 3 aromatic rings. The summed E-state index contributed by atoms with van der Waals surface area (Å²) in [6, 6.07) is 11.1. The fourth-order valence-corrected chi connectivity index (χ4v) is 2.34. The van der Waals surface area contributed by atoms with Crippen LogP contribution in [0.1, 0.15) is 5.56 Å². The Labute approximate surface area is 144 Å². The lowest BCUT2D eigenvalue weighted by atomic mass is 10.3. The fraction of sp³-hybridized carbons (Fsp3) is 0.118. The van der Waals surface area contributed by atoms with Crippen molar-refractivity contribution in [2.45, 2.75) is 6.54 Å². The molecule has 0 atom stereocenters. The van der Waals surface area contributed by atoms with E-state index < -0.39 is 0 Å². The van der Waals surface area contributed by atoms with Gasteiger partial charge in [0.15, 0.2) is 0 Å². The molecule has 0 spiro atoms. The summed E-state index contributed by atoms with van der Waals surface area (Å²) in [5.41, 5.74) is 1.91. The van der Waals surface area contributed by atoms with Gasteiger partial charge in [-0.25, -0.2) is 4.98 Å². The molecule has 0 bridgehead atoms. The van der Waals surface area contributed by atoms with Crippen LogP contribution in [0.2, 0.25) is 5.02 Å². The van der Waals surface area contributed by atoms with Gasteiger partial charge in [-0.2, -0.15) is 4.98 Å². The molecule has 2 N–H and O–H groups in total. The molecule has 0 saturated carbocycles. The summed E-state index contributed by atoms with van der Waals surface area (Å²) in [5, 5.41) is 6.90. The van der Waals surface area contributed by atoms with Crippen LogP contribution in [0.15, 0.2) is 55.0 Å². The van der Waals surface area contributed by atoms with Crippen LogP contribution < -0.4 is 15.4 Å². The molecule has 0 aliphatic carbocycles. The summed E-state index contributed by atoms with van der Waals surface area (Å²) in [5.74, 6) is 1.83. The number of pyridine rings is 1. The van der Waals surface area contributed by atoms with Gasteiger partial charge in [-0.15, -0.1) is 0 Å². The Morgan fingerprint density at radius 3 is 2.67 bits per heavy atom. The number of nitrogens with one attached hydrogen (secondary N) is 2. The van der Waals surface area contributed by atoms with Crippen molar-refractivity contribution in [1.29, 1.82) is 0 Å². The number of hydrogen-bond donors (Lipinski definition) is 2. The number of rotatable bonds is 6. The van der Waals surface area contributed by atoms with E-state index in [1.807, 2.05) is 24.3 Å². The summed E-state index contributed by atoms with van der Waals surface area (Å²) in [6.45, 7) is 0.660. The lowest BCUT2D eigenvalue weighted by molar-refractivity contribution is 0.415. The molecule has 3 rings (SSSR count). The summed E-state index contributed by atoms with van der Waals surface area (Å²) >= 11 is 6.12. The van der Waals surface area contributed by atoms with Crippen molar-refractivity contribution in [2.24, 2.45) is 0 Å². The molecule has 2 heterocycles. The van der Waals surface area contributed by atoms with E-state index in [1.54, 1.807) is 37.8 Å². The van der Waals surface area contributed by atoms with E-state index in [0.717, 1.165) is 17.1 Å². The molecule has 0 unspecified atom stereocenters. The van der Waals surface area contributed by atoms with Crippen LogP contribution in [0.4, 0.5) is 17.5 Å². The first kappa shape index (κ1) is 16.0. The Hall–Kier alpha value is -2.86. The Morgan fingerprint density at radius 2 is 1.92 bits per heavy atom. The third kappa shape index (κ3) is 4.11. The largest absolute Gasteiger partial charge is 0.495 e. The third-order valence-corrected chi connectivity index (χ3v) is 3.58. The number of halogens is 1. The highest BCUT2D eigenvalue weighted by Gasteiger charge is 2.04. The zero-order valence-corrected chi connectivity index (χ0v) is 13.8. The molecule has 0 fully saturated rings. The van der Waals surface area contributed by atoms with E-state index >= 15 is 0 Å². The van der Waals surface area contributed by atoms with Crippen LogP contribution >= 0.6 is 11.6 Å². The number of hydrogen-bond acceptors (Lipinski definition) is 6. The number of benzene rings is 1.